The van der Waals surface area contributed by atoms with Crippen LogP contribution in [0.4, 0.5) is 0 Å². The molecule has 142 valence electrons. The third-order valence-corrected chi connectivity index (χ3v) is 3.94. The second kappa shape index (κ2) is 11.1. The molecule has 1 aliphatic rings. The Morgan fingerprint density at radius 1 is 1.21 bits per heavy atom. The maximum absolute atomic E-state index is 12.0. The van der Waals surface area contributed by atoms with Gasteiger partial charge >= 0.3 is 0 Å². The third kappa shape index (κ3) is 9.05. The van der Waals surface area contributed by atoms with E-state index >= 15 is 0 Å². The van der Waals surface area contributed by atoms with Crippen LogP contribution in [0.2, 0.25) is 0 Å². The highest BCUT2D eigenvalue weighted by molar-refractivity contribution is 14.0. The van der Waals surface area contributed by atoms with Gasteiger partial charge in [0, 0.05) is 50.7 Å². The molecule has 0 aliphatic carbocycles. The quantitative estimate of drug-likeness (QED) is 0.257. The van der Waals surface area contributed by atoms with Crippen molar-refractivity contribution in [3.8, 4) is 0 Å². The molecule has 24 heavy (non-hydrogen) atoms. The van der Waals surface area contributed by atoms with Crippen molar-refractivity contribution in [2.75, 3.05) is 33.2 Å². The zero-order chi connectivity index (χ0) is 17.5. The Labute approximate surface area is 164 Å². The maximum atomic E-state index is 12.0. The largest absolute Gasteiger partial charge is 0.355 e. The molecule has 0 saturated carbocycles. The van der Waals surface area contributed by atoms with E-state index in [1.54, 1.807) is 7.05 Å². The first kappa shape index (κ1) is 23.4. The predicted octanol–water partition coefficient (Wildman–Crippen LogP) is 1.80. The van der Waals surface area contributed by atoms with Gasteiger partial charge in [-0.05, 0) is 33.6 Å². The summed E-state index contributed by atoms with van der Waals surface area (Å²) in [7, 11) is 1.80. The summed E-state index contributed by atoms with van der Waals surface area (Å²) in [6.45, 7) is 13.8. The molecule has 0 atom stereocenters. The predicted molar refractivity (Wildman–Crippen MR) is 112 cm³/mol. The van der Waals surface area contributed by atoms with Gasteiger partial charge in [0.25, 0.3) is 0 Å². The van der Waals surface area contributed by atoms with E-state index in [-0.39, 0.29) is 41.3 Å². The standard InChI is InChI=1S/C17H35N5O.HI/c1-13(2)15(23)22-11-7-14(8-12-22)21-16(18-6)19-9-10-20-17(3,4)5;/h13-14,20H,7-12H2,1-6H3,(H2,18,19,21);1H. The van der Waals surface area contributed by atoms with E-state index < -0.39 is 0 Å². The van der Waals surface area contributed by atoms with Crippen molar-refractivity contribution >= 4 is 35.8 Å². The minimum atomic E-state index is 0. The first-order chi connectivity index (χ1) is 10.7. The number of rotatable bonds is 5. The fourth-order valence-corrected chi connectivity index (χ4v) is 2.62. The summed E-state index contributed by atoms with van der Waals surface area (Å²) in [4.78, 5) is 18.3. The van der Waals surface area contributed by atoms with Crippen LogP contribution in [-0.2, 0) is 4.79 Å². The van der Waals surface area contributed by atoms with Gasteiger partial charge in [0.2, 0.25) is 5.91 Å². The van der Waals surface area contributed by atoms with Crippen LogP contribution in [0, 0.1) is 5.92 Å². The Morgan fingerprint density at radius 2 is 1.79 bits per heavy atom. The molecule has 1 amide bonds. The summed E-state index contributed by atoms with van der Waals surface area (Å²) in [5, 5.41) is 10.2. The van der Waals surface area contributed by atoms with Crippen molar-refractivity contribution in [3.05, 3.63) is 0 Å². The number of halogens is 1. The van der Waals surface area contributed by atoms with Gasteiger partial charge in [-0.1, -0.05) is 13.8 Å². The van der Waals surface area contributed by atoms with Crippen LogP contribution in [0.5, 0.6) is 0 Å². The molecule has 1 fully saturated rings. The molecule has 0 aromatic carbocycles. The minimum absolute atomic E-state index is 0. The normalized spacial score (nSPS) is 16.8. The molecular weight excluding hydrogens is 417 g/mol. The smallest absolute Gasteiger partial charge is 0.225 e. The lowest BCUT2D eigenvalue weighted by molar-refractivity contribution is -0.135. The van der Waals surface area contributed by atoms with Crippen LogP contribution in [0.25, 0.3) is 0 Å². The Morgan fingerprint density at radius 3 is 2.25 bits per heavy atom. The van der Waals surface area contributed by atoms with E-state index in [2.05, 4.69) is 41.7 Å². The summed E-state index contributed by atoms with van der Waals surface area (Å²) in [6, 6.07) is 0.382. The lowest BCUT2D eigenvalue weighted by Crippen LogP contribution is -2.51. The first-order valence-corrected chi connectivity index (χ1v) is 8.74. The van der Waals surface area contributed by atoms with Crippen LogP contribution in [0.3, 0.4) is 0 Å². The molecule has 1 saturated heterocycles. The molecule has 0 aromatic heterocycles. The van der Waals surface area contributed by atoms with Gasteiger partial charge in [0.15, 0.2) is 5.96 Å². The number of carbonyl (C=O) groups is 1. The zero-order valence-corrected chi connectivity index (χ0v) is 18.4. The van der Waals surface area contributed by atoms with Crippen LogP contribution in [-0.4, -0.2) is 61.6 Å². The summed E-state index contributed by atoms with van der Waals surface area (Å²) >= 11 is 0. The monoisotopic (exact) mass is 453 g/mol. The Hall–Kier alpha value is -0.570. The molecule has 3 N–H and O–H groups in total. The van der Waals surface area contributed by atoms with Crippen LogP contribution < -0.4 is 16.0 Å². The maximum Gasteiger partial charge on any atom is 0.225 e. The third-order valence-electron chi connectivity index (χ3n) is 3.94. The van der Waals surface area contributed by atoms with Crippen molar-refractivity contribution in [2.45, 2.75) is 59.0 Å². The van der Waals surface area contributed by atoms with Gasteiger partial charge in [-0.3, -0.25) is 9.79 Å². The molecule has 6 nitrogen and oxygen atoms in total. The van der Waals surface area contributed by atoms with Crippen molar-refractivity contribution in [1.82, 2.24) is 20.9 Å². The Kier molecular flexibility index (Phi) is 10.9. The molecule has 7 heteroatoms. The number of guanidine groups is 1. The molecule has 1 heterocycles. The molecular formula is C17H36IN5O. The molecule has 0 bridgehead atoms. The molecule has 0 unspecified atom stereocenters. The van der Waals surface area contributed by atoms with Crippen LogP contribution in [0.15, 0.2) is 4.99 Å². The number of aliphatic imine (C=N–C) groups is 1. The SMILES string of the molecule is CN=C(NCCNC(C)(C)C)NC1CCN(C(=O)C(C)C)CC1.I. The van der Waals surface area contributed by atoms with Gasteiger partial charge in [-0.15, -0.1) is 24.0 Å². The highest BCUT2D eigenvalue weighted by atomic mass is 127. The number of amides is 1. The molecule has 1 rings (SSSR count). The molecule has 0 radical (unpaired) electrons. The summed E-state index contributed by atoms with van der Waals surface area (Å²) < 4.78 is 0. The number of carbonyl (C=O) groups excluding carboxylic acids is 1. The van der Waals surface area contributed by atoms with Gasteiger partial charge in [-0.25, -0.2) is 0 Å². The van der Waals surface area contributed by atoms with Crippen molar-refractivity contribution < 1.29 is 4.79 Å². The second-order valence-electron chi connectivity index (χ2n) is 7.57. The van der Waals surface area contributed by atoms with E-state index in [4.69, 9.17) is 0 Å². The lowest BCUT2D eigenvalue weighted by atomic mass is 10.0. The summed E-state index contributed by atoms with van der Waals surface area (Å²) in [5.74, 6) is 1.19. The lowest BCUT2D eigenvalue weighted by Gasteiger charge is -2.34. The van der Waals surface area contributed by atoms with Gasteiger partial charge in [-0.2, -0.15) is 0 Å². The zero-order valence-electron chi connectivity index (χ0n) is 16.1. The number of hydrogen-bond donors (Lipinski definition) is 3. The van der Waals surface area contributed by atoms with Crippen molar-refractivity contribution in [2.24, 2.45) is 10.9 Å². The fraction of sp³-hybridized carbons (Fsp3) is 0.882. The summed E-state index contributed by atoms with van der Waals surface area (Å²) in [5.41, 5.74) is 0.133. The van der Waals surface area contributed by atoms with E-state index in [9.17, 15) is 4.79 Å². The van der Waals surface area contributed by atoms with Gasteiger partial charge in [0.05, 0.1) is 0 Å². The minimum Gasteiger partial charge on any atom is -0.355 e. The van der Waals surface area contributed by atoms with Crippen molar-refractivity contribution in [1.29, 1.82) is 0 Å². The average Bonchev–Trinajstić information content (AvgIpc) is 2.49. The van der Waals surface area contributed by atoms with Crippen LogP contribution in [0.1, 0.15) is 47.5 Å². The number of hydrogen-bond acceptors (Lipinski definition) is 3. The van der Waals surface area contributed by atoms with E-state index in [0.717, 1.165) is 45.0 Å². The number of nitrogens with one attached hydrogen (secondary N) is 3. The molecule has 0 spiro atoms. The van der Waals surface area contributed by atoms with Gasteiger partial charge in [0.1, 0.15) is 0 Å². The Balaban J connectivity index is 0.00000529. The number of piperidine rings is 1. The van der Waals surface area contributed by atoms with Crippen LogP contribution >= 0.6 is 24.0 Å². The number of nitrogens with zero attached hydrogens (tertiary/aromatic N) is 2. The van der Waals surface area contributed by atoms with E-state index in [0.29, 0.717) is 6.04 Å². The highest BCUT2D eigenvalue weighted by Gasteiger charge is 2.24. The second-order valence-corrected chi connectivity index (χ2v) is 7.57. The topological polar surface area (TPSA) is 68.8 Å². The fourth-order valence-electron chi connectivity index (χ4n) is 2.62. The molecule has 1 aliphatic heterocycles. The van der Waals surface area contributed by atoms with E-state index in [1.165, 1.54) is 0 Å². The molecule has 0 aromatic rings. The van der Waals surface area contributed by atoms with E-state index in [1.807, 2.05) is 18.7 Å². The summed E-state index contributed by atoms with van der Waals surface area (Å²) in [6.07, 6.45) is 1.94. The first-order valence-electron chi connectivity index (χ1n) is 8.74. The average molecular weight is 453 g/mol. The number of likely N-dealkylation sites (tertiary alicyclic amines) is 1. The van der Waals surface area contributed by atoms with Gasteiger partial charge < -0.3 is 20.9 Å². The Bertz CT molecular complexity index is 398. The van der Waals surface area contributed by atoms with Crippen molar-refractivity contribution in [3.63, 3.8) is 0 Å². The highest BCUT2D eigenvalue weighted by Crippen LogP contribution is 2.13.